The van der Waals surface area contributed by atoms with E-state index in [-0.39, 0.29) is 5.91 Å². The molecule has 1 aromatic heterocycles. The minimum absolute atomic E-state index is 0.0322. The van der Waals surface area contributed by atoms with Crippen LogP contribution in [0.4, 0.5) is 0 Å². The molecule has 208 valence electrons. The number of carbonyl (C=O) groups excluding carboxylic acids is 1. The number of amides is 1. The maximum absolute atomic E-state index is 13.7. The largest absolute Gasteiger partial charge is 0.491 e. The van der Waals surface area contributed by atoms with Crippen molar-refractivity contribution in [3.8, 4) is 5.75 Å². The number of carbonyl (C=O) groups is 1. The van der Waals surface area contributed by atoms with Gasteiger partial charge in [0.2, 0.25) is 0 Å². The summed E-state index contributed by atoms with van der Waals surface area (Å²) in [4.78, 5) is 18.0. The van der Waals surface area contributed by atoms with Gasteiger partial charge in [0.15, 0.2) is 0 Å². The smallest absolute Gasteiger partial charge is 0.253 e. The number of aryl methyl sites for hydroxylation is 1. The van der Waals surface area contributed by atoms with Gasteiger partial charge in [-0.1, -0.05) is 60.2 Å². The quantitative estimate of drug-likeness (QED) is 0.366. The van der Waals surface area contributed by atoms with E-state index in [1.165, 1.54) is 16.7 Å². The highest BCUT2D eigenvalue weighted by atomic mass is 16.5. The SMILES string of the molecule is Cc1ccc2c(c1)CN(C)CCC(c1ccccc1)CCCN(C(=O)c1ccc(Cn3cnnn3)cc1)CCO2. The fourth-order valence-electron chi connectivity index (χ4n) is 5.41. The summed E-state index contributed by atoms with van der Waals surface area (Å²) in [5.74, 6) is 1.38. The zero-order chi connectivity index (χ0) is 27.7. The van der Waals surface area contributed by atoms with Crippen LogP contribution in [-0.2, 0) is 13.1 Å². The van der Waals surface area contributed by atoms with Crippen molar-refractivity contribution in [3.05, 3.63) is 107 Å². The number of benzene rings is 3. The van der Waals surface area contributed by atoms with Gasteiger partial charge in [0.25, 0.3) is 5.91 Å². The number of tetrazole rings is 1. The molecule has 0 fully saturated rings. The van der Waals surface area contributed by atoms with Gasteiger partial charge in [-0.3, -0.25) is 4.79 Å². The van der Waals surface area contributed by atoms with Crippen LogP contribution in [0.3, 0.4) is 0 Å². The van der Waals surface area contributed by atoms with Crippen LogP contribution in [0.25, 0.3) is 0 Å². The average Bonchev–Trinajstić information content (AvgIpc) is 3.48. The Kier molecular flexibility index (Phi) is 9.18. The highest BCUT2D eigenvalue weighted by Gasteiger charge is 2.20. The summed E-state index contributed by atoms with van der Waals surface area (Å²) in [6.45, 7) is 6.17. The average molecular weight is 539 g/mol. The predicted molar refractivity (Wildman–Crippen MR) is 155 cm³/mol. The lowest BCUT2D eigenvalue weighted by Gasteiger charge is -2.27. The first-order valence-electron chi connectivity index (χ1n) is 14.1. The molecule has 1 amide bonds. The van der Waals surface area contributed by atoms with Crippen LogP contribution in [0.2, 0.25) is 0 Å². The second-order valence-electron chi connectivity index (χ2n) is 10.7. The van der Waals surface area contributed by atoms with Crippen molar-refractivity contribution in [2.45, 2.75) is 45.2 Å². The fraction of sp³-hybridized carbons (Fsp3) is 0.375. The summed E-state index contributed by atoms with van der Waals surface area (Å²) in [6.07, 6.45) is 4.62. The number of ether oxygens (including phenoxy) is 1. The van der Waals surface area contributed by atoms with Crippen LogP contribution in [0.5, 0.6) is 5.75 Å². The predicted octanol–water partition coefficient (Wildman–Crippen LogP) is 4.95. The lowest BCUT2D eigenvalue weighted by Crippen LogP contribution is -2.36. The zero-order valence-corrected chi connectivity index (χ0v) is 23.4. The summed E-state index contributed by atoms with van der Waals surface area (Å²) in [7, 11) is 2.19. The molecular weight excluding hydrogens is 500 g/mol. The third-order valence-corrected chi connectivity index (χ3v) is 7.61. The zero-order valence-electron chi connectivity index (χ0n) is 23.4. The molecule has 0 N–H and O–H groups in total. The van der Waals surface area contributed by atoms with Crippen LogP contribution in [0.1, 0.15) is 57.8 Å². The molecule has 3 aromatic carbocycles. The normalized spacial score (nSPS) is 17.4. The first kappa shape index (κ1) is 27.5. The van der Waals surface area contributed by atoms with Crippen molar-refractivity contribution in [1.82, 2.24) is 30.0 Å². The molecule has 8 heteroatoms. The van der Waals surface area contributed by atoms with Crippen LogP contribution in [-0.4, -0.2) is 69.2 Å². The molecule has 0 spiro atoms. The lowest BCUT2D eigenvalue weighted by molar-refractivity contribution is 0.0724. The molecule has 0 bridgehead atoms. The molecule has 5 rings (SSSR count). The van der Waals surface area contributed by atoms with Crippen LogP contribution in [0.15, 0.2) is 79.1 Å². The van der Waals surface area contributed by atoms with E-state index < -0.39 is 0 Å². The number of nitrogens with zero attached hydrogens (tertiary/aromatic N) is 6. The van der Waals surface area contributed by atoms with E-state index in [1.54, 1.807) is 11.0 Å². The highest BCUT2D eigenvalue weighted by molar-refractivity contribution is 5.94. The molecule has 1 aliphatic heterocycles. The van der Waals surface area contributed by atoms with Crippen molar-refractivity contribution in [3.63, 3.8) is 0 Å². The van der Waals surface area contributed by atoms with Gasteiger partial charge in [-0.2, -0.15) is 0 Å². The van der Waals surface area contributed by atoms with Gasteiger partial charge in [0, 0.05) is 24.2 Å². The summed E-state index contributed by atoms with van der Waals surface area (Å²) in [6, 6.07) is 24.9. The third-order valence-electron chi connectivity index (χ3n) is 7.61. The van der Waals surface area contributed by atoms with Gasteiger partial charge in [-0.25, -0.2) is 4.68 Å². The van der Waals surface area contributed by atoms with Crippen molar-refractivity contribution >= 4 is 5.91 Å². The number of hydrogen-bond donors (Lipinski definition) is 0. The molecule has 0 saturated heterocycles. The first-order valence-corrected chi connectivity index (χ1v) is 14.1. The van der Waals surface area contributed by atoms with E-state index in [4.69, 9.17) is 4.74 Å². The van der Waals surface area contributed by atoms with Crippen molar-refractivity contribution < 1.29 is 9.53 Å². The van der Waals surface area contributed by atoms with E-state index in [0.717, 1.165) is 43.7 Å². The minimum atomic E-state index is 0.0322. The van der Waals surface area contributed by atoms with E-state index in [2.05, 4.69) is 82.9 Å². The Morgan fingerprint density at radius 1 is 0.975 bits per heavy atom. The fourth-order valence-corrected chi connectivity index (χ4v) is 5.41. The molecule has 40 heavy (non-hydrogen) atoms. The summed E-state index contributed by atoms with van der Waals surface area (Å²) in [5, 5.41) is 11.3. The summed E-state index contributed by atoms with van der Waals surface area (Å²) >= 11 is 0. The van der Waals surface area contributed by atoms with Gasteiger partial charge in [-0.15, -0.1) is 5.10 Å². The Bertz CT molecular complexity index is 1360. The standard InChI is InChI=1S/C32H38N6O2/c1-25-10-15-31-30(21-25)23-36(2)18-16-28(27-7-4-3-5-8-27)9-6-17-37(19-20-40-31)32(39)29-13-11-26(12-14-29)22-38-24-33-34-35-38/h3-5,7-8,10-15,21,24,28H,6,9,16-20,22-23H2,1-2H3. The molecule has 2 heterocycles. The molecular formula is C32H38N6O2. The number of aromatic nitrogens is 4. The van der Waals surface area contributed by atoms with E-state index >= 15 is 0 Å². The molecule has 1 atom stereocenters. The number of fused-ring (bicyclic) bond motifs is 1. The van der Waals surface area contributed by atoms with Crippen molar-refractivity contribution in [2.75, 3.05) is 33.3 Å². The summed E-state index contributed by atoms with van der Waals surface area (Å²) < 4.78 is 7.94. The Balaban J connectivity index is 1.34. The highest BCUT2D eigenvalue weighted by Crippen LogP contribution is 2.27. The topological polar surface area (TPSA) is 76.4 Å². The maximum Gasteiger partial charge on any atom is 0.253 e. The van der Waals surface area contributed by atoms with Crippen molar-refractivity contribution in [2.24, 2.45) is 0 Å². The lowest BCUT2D eigenvalue weighted by atomic mass is 9.91. The molecule has 0 saturated carbocycles. The van der Waals surface area contributed by atoms with Crippen LogP contribution >= 0.6 is 0 Å². The Morgan fingerprint density at radius 2 is 1.80 bits per heavy atom. The molecule has 4 aromatic rings. The molecule has 0 radical (unpaired) electrons. The van der Waals surface area contributed by atoms with Crippen molar-refractivity contribution in [1.29, 1.82) is 0 Å². The van der Waals surface area contributed by atoms with Gasteiger partial charge < -0.3 is 14.5 Å². The van der Waals surface area contributed by atoms with Crippen LogP contribution in [0, 0.1) is 6.92 Å². The molecule has 0 aliphatic carbocycles. The third kappa shape index (κ3) is 7.33. The van der Waals surface area contributed by atoms with Crippen LogP contribution < -0.4 is 4.74 Å². The molecule has 1 aliphatic rings. The van der Waals surface area contributed by atoms with Gasteiger partial charge >= 0.3 is 0 Å². The number of rotatable bonds is 4. The second kappa shape index (κ2) is 13.3. The van der Waals surface area contributed by atoms with Gasteiger partial charge in [0.1, 0.15) is 18.7 Å². The van der Waals surface area contributed by atoms with E-state index in [9.17, 15) is 4.79 Å². The van der Waals surface area contributed by atoms with Gasteiger partial charge in [0.05, 0.1) is 13.1 Å². The molecule has 8 nitrogen and oxygen atoms in total. The Labute approximate surface area is 236 Å². The van der Waals surface area contributed by atoms with E-state index in [1.807, 2.05) is 29.2 Å². The molecule has 1 unspecified atom stereocenters. The minimum Gasteiger partial charge on any atom is -0.491 e. The summed E-state index contributed by atoms with van der Waals surface area (Å²) in [5.41, 5.74) is 5.50. The van der Waals surface area contributed by atoms with Gasteiger partial charge in [-0.05, 0) is 85.4 Å². The second-order valence-corrected chi connectivity index (χ2v) is 10.7. The Morgan fingerprint density at radius 3 is 2.58 bits per heavy atom. The maximum atomic E-state index is 13.7. The number of hydrogen-bond acceptors (Lipinski definition) is 6. The Hall–Kier alpha value is -4.04. The van der Waals surface area contributed by atoms with E-state index in [0.29, 0.717) is 37.7 Å². The monoisotopic (exact) mass is 538 g/mol. The first-order chi connectivity index (χ1) is 19.5.